The summed E-state index contributed by atoms with van der Waals surface area (Å²) in [5.41, 5.74) is 5.47. The Morgan fingerprint density at radius 1 is 0.938 bits per heavy atom. The van der Waals surface area contributed by atoms with Gasteiger partial charge in [-0.05, 0) is 74.8 Å². The number of halogens is 2. The summed E-state index contributed by atoms with van der Waals surface area (Å²) in [5.74, 6) is 0.540. The highest BCUT2D eigenvalue weighted by Crippen LogP contribution is 2.27. The molecular weight excluding hydrogens is 579 g/mol. The summed E-state index contributed by atoms with van der Waals surface area (Å²) in [4.78, 5) is 12.3. The first-order valence-electron chi connectivity index (χ1n) is 10.0. The lowest BCUT2D eigenvalue weighted by Crippen LogP contribution is -2.19. The summed E-state index contributed by atoms with van der Waals surface area (Å²) < 4.78 is 8.29. The summed E-state index contributed by atoms with van der Waals surface area (Å²) >= 11 is 5.69. The van der Waals surface area contributed by atoms with Gasteiger partial charge in [0.25, 0.3) is 0 Å². The quantitative estimate of drug-likeness (QED) is 0.150. The molecule has 0 aliphatic rings. The van der Waals surface area contributed by atoms with E-state index in [1.807, 2.05) is 60.7 Å². The normalized spacial score (nSPS) is 11.1. The third-order valence-corrected chi connectivity index (χ3v) is 6.15. The second-order valence-corrected chi connectivity index (χ2v) is 9.37. The fourth-order valence-corrected chi connectivity index (χ4v) is 3.90. The molecule has 0 aromatic heterocycles. The number of hydrazone groups is 1. The van der Waals surface area contributed by atoms with Crippen LogP contribution in [0.3, 0.4) is 0 Å². The van der Waals surface area contributed by atoms with Crippen molar-refractivity contribution in [1.82, 2.24) is 5.43 Å². The number of hydrogen-bond acceptors (Lipinski definition) is 3. The molecule has 0 aliphatic heterocycles. The van der Waals surface area contributed by atoms with E-state index in [1.165, 1.54) is 3.57 Å². The zero-order chi connectivity index (χ0) is 22.3. The number of fused-ring (bicyclic) bond motifs is 1. The lowest BCUT2D eigenvalue weighted by Gasteiger charge is -2.12. The number of ether oxygens (including phenoxy) is 1. The summed E-state index contributed by atoms with van der Waals surface area (Å²) in [7, 11) is 0. The van der Waals surface area contributed by atoms with Crippen molar-refractivity contribution in [2.24, 2.45) is 5.10 Å². The zero-order valence-electron chi connectivity index (χ0n) is 17.1. The van der Waals surface area contributed by atoms with E-state index in [0.717, 1.165) is 31.9 Å². The monoisotopic (exact) mass is 598 g/mol. The maximum absolute atomic E-state index is 12.3. The molecular formula is C26H20BrIN2O2. The molecule has 160 valence electrons. The summed E-state index contributed by atoms with van der Waals surface area (Å²) in [6, 6.07) is 27.9. The van der Waals surface area contributed by atoms with Crippen LogP contribution in [-0.2, 0) is 17.8 Å². The molecule has 4 aromatic carbocycles. The van der Waals surface area contributed by atoms with Crippen molar-refractivity contribution >= 4 is 61.4 Å². The van der Waals surface area contributed by atoms with Crippen molar-refractivity contribution in [3.63, 3.8) is 0 Å². The summed E-state index contributed by atoms with van der Waals surface area (Å²) in [6.45, 7) is 0.450. The largest absolute Gasteiger partial charge is 0.488 e. The van der Waals surface area contributed by atoms with E-state index < -0.39 is 0 Å². The topological polar surface area (TPSA) is 50.7 Å². The van der Waals surface area contributed by atoms with Crippen LogP contribution in [0.4, 0.5) is 0 Å². The van der Waals surface area contributed by atoms with Crippen molar-refractivity contribution < 1.29 is 9.53 Å². The van der Waals surface area contributed by atoms with Crippen molar-refractivity contribution in [1.29, 1.82) is 0 Å². The Kier molecular flexibility index (Phi) is 7.55. The van der Waals surface area contributed by atoms with Gasteiger partial charge in [0.2, 0.25) is 5.91 Å². The first kappa shape index (κ1) is 22.5. The molecule has 1 amide bonds. The molecule has 0 saturated carbocycles. The van der Waals surface area contributed by atoms with Gasteiger partial charge in [-0.3, -0.25) is 4.79 Å². The molecule has 0 heterocycles. The number of benzene rings is 4. The molecule has 4 nitrogen and oxygen atoms in total. The predicted octanol–water partition coefficient (Wildman–Crippen LogP) is 6.48. The highest BCUT2D eigenvalue weighted by Gasteiger charge is 2.08. The smallest absolute Gasteiger partial charge is 0.244 e. The first-order chi connectivity index (χ1) is 15.6. The maximum Gasteiger partial charge on any atom is 0.244 e. The molecule has 0 atom stereocenters. The molecule has 32 heavy (non-hydrogen) atoms. The van der Waals surface area contributed by atoms with Gasteiger partial charge in [0.05, 0.1) is 12.6 Å². The van der Waals surface area contributed by atoms with Gasteiger partial charge in [-0.25, -0.2) is 5.43 Å². The third-order valence-electron chi connectivity index (χ3n) is 4.90. The van der Waals surface area contributed by atoms with Gasteiger partial charge < -0.3 is 4.74 Å². The van der Waals surface area contributed by atoms with Crippen LogP contribution in [0.15, 0.2) is 94.5 Å². The van der Waals surface area contributed by atoms with Gasteiger partial charge in [-0.2, -0.15) is 5.10 Å². The Bertz CT molecular complexity index is 1260. The van der Waals surface area contributed by atoms with Gasteiger partial charge in [-0.1, -0.05) is 70.5 Å². The molecule has 0 radical (unpaired) electrons. The molecule has 0 spiro atoms. The number of nitrogens with zero attached hydrogens (tertiary/aromatic N) is 1. The first-order valence-corrected chi connectivity index (χ1v) is 11.9. The van der Waals surface area contributed by atoms with Crippen LogP contribution in [0.2, 0.25) is 0 Å². The van der Waals surface area contributed by atoms with Crippen LogP contribution >= 0.6 is 38.5 Å². The Labute approximate surface area is 209 Å². The number of rotatable bonds is 7. The van der Waals surface area contributed by atoms with Gasteiger partial charge in [0, 0.05) is 13.6 Å². The molecule has 0 bridgehead atoms. The van der Waals surface area contributed by atoms with E-state index in [1.54, 1.807) is 6.21 Å². The SMILES string of the molecule is O=C(Cc1ccc(Br)cc1)N/N=C/c1c(OCc2ccc(I)cc2)ccc2ccccc12. The standard InChI is InChI=1S/C26H20BrIN2O2/c27-21-10-5-18(6-11-21)15-26(31)30-29-16-24-23-4-2-1-3-20(23)9-14-25(24)32-17-19-7-12-22(28)13-8-19/h1-14,16H,15,17H2,(H,30,31)/b29-16+. The average Bonchev–Trinajstić information content (AvgIpc) is 2.81. The van der Waals surface area contributed by atoms with Crippen LogP contribution in [-0.4, -0.2) is 12.1 Å². The highest BCUT2D eigenvalue weighted by atomic mass is 127. The Hall–Kier alpha value is -2.71. The Morgan fingerprint density at radius 3 is 2.44 bits per heavy atom. The molecule has 6 heteroatoms. The average molecular weight is 599 g/mol. The van der Waals surface area contributed by atoms with E-state index in [4.69, 9.17) is 4.74 Å². The van der Waals surface area contributed by atoms with Crippen molar-refractivity contribution in [3.05, 3.63) is 110 Å². The van der Waals surface area contributed by atoms with Crippen molar-refractivity contribution in [2.75, 3.05) is 0 Å². The fourth-order valence-electron chi connectivity index (χ4n) is 3.27. The van der Waals surface area contributed by atoms with Crippen molar-refractivity contribution in [2.45, 2.75) is 13.0 Å². The van der Waals surface area contributed by atoms with Crippen molar-refractivity contribution in [3.8, 4) is 5.75 Å². The molecule has 4 aromatic rings. The number of amides is 1. The zero-order valence-corrected chi connectivity index (χ0v) is 20.8. The van der Waals surface area contributed by atoms with E-state index in [2.05, 4.69) is 73.3 Å². The summed E-state index contributed by atoms with van der Waals surface area (Å²) in [5, 5.41) is 6.31. The molecule has 0 unspecified atom stereocenters. The predicted molar refractivity (Wildman–Crippen MR) is 141 cm³/mol. The second kappa shape index (κ2) is 10.7. The Morgan fingerprint density at radius 2 is 1.66 bits per heavy atom. The molecule has 4 rings (SSSR count). The lowest BCUT2D eigenvalue weighted by molar-refractivity contribution is -0.120. The minimum Gasteiger partial charge on any atom is -0.488 e. The third kappa shape index (κ3) is 5.95. The van der Waals surface area contributed by atoms with E-state index >= 15 is 0 Å². The van der Waals surface area contributed by atoms with Crippen LogP contribution < -0.4 is 10.2 Å². The number of nitrogens with one attached hydrogen (secondary N) is 1. The van der Waals surface area contributed by atoms with Crippen LogP contribution in [0.25, 0.3) is 10.8 Å². The fraction of sp³-hybridized carbons (Fsp3) is 0.0769. The van der Waals surface area contributed by atoms with E-state index in [9.17, 15) is 4.79 Å². The number of hydrogen-bond donors (Lipinski definition) is 1. The van der Waals surface area contributed by atoms with Gasteiger partial charge in [-0.15, -0.1) is 0 Å². The molecule has 0 fully saturated rings. The number of carbonyl (C=O) groups excluding carboxylic acids is 1. The Balaban J connectivity index is 1.51. The highest BCUT2D eigenvalue weighted by molar-refractivity contribution is 14.1. The lowest BCUT2D eigenvalue weighted by atomic mass is 10.0. The second-order valence-electron chi connectivity index (χ2n) is 7.21. The number of carbonyl (C=O) groups is 1. The van der Waals surface area contributed by atoms with Gasteiger partial charge in [0.15, 0.2) is 0 Å². The summed E-state index contributed by atoms with van der Waals surface area (Å²) in [6.07, 6.45) is 1.92. The van der Waals surface area contributed by atoms with Gasteiger partial charge in [0.1, 0.15) is 12.4 Å². The van der Waals surface area contributed by atoms with Crippen LogP contribution in [0, 0.1) is 3.57 Å². The molecule has 0 aliphatic carbocycles. The van der Waals surface area contributed by atoms with Crippen LogP contribution in [0.5, 0.6) is 5.75 Å². The van der Waals surface area contributed by atoms with E-state index in [0.29, 0.717) is 12.4 Å². The maximum atomic E-state index is 12.3. The molecule has 1 N–H and O–H groups in total. The van der Waals surface area contributed by atoms with E-state index in [-0.39, 0.29) is 12.3 Å². The minimum absolute atomic E-state index is 0.176. The molecule has 0 saturated heterocycles. The van der Waals surface area contributed by atoms with Crippen LogP contribution in [0.1, 0.15) is 16.7 Å². The van der Waals surface area contributed by atoms with Gasteiger partial charge >= 0.3 is 0 Å². The minimum atomic E-state index is -0.176.